The van der Waals surface area contributed by atoms with E-state index < -0.39 is 29.9 Å². The van der Waals surface area contributed by atoms with Crippen LogP contribution in [-0.2, 0) is 4.74 Å². The summed E-state index contributed by atoms with van der Waals surface area (Å²) >= 11 is 0. The van der Waals surface area contributed by atoms with E-state index in [1.54, 1.807) is 12.1 Å². The maximum atomic E-state index is 12.7. The van der Waals surface area contributed by atoms with Gasteiger partial charge in [0.05, 0.1) is 18.8 Å². The molecule has 0 radical (unpaired) electrons. The van der Waals surface area contributed by atoms with Crippen LogP contribution in [0, 0.1) is 0 Å². The highest BCUT2D eigenvalue weighted by molar-refractivity contribution is 5.94. The molecule has 0 spiro atoms. The Labute approximate surface area is 167 Å². The van der Waals surface area contributed by atoms with Gasteiger partial charge in [-0.25, -0.2) is 4.79 Å². The lowest BCUT2D eigenvalue weighted by molar-refractivity contribution is -0.274. The Kier molecular flexibility index (Phi) is 4.86. The van der Waals surface area contributed by atoms with E-state index in [9.17, 15) is 22.8 Å². The maximum Gasteiger partial charge on any atom is 0.573 e. The van der Waals surface area contributed by atoms with Crippen LogP contribution in [0.15, 0.2) is 53.3 Å². The third-order valence-corrected chi connectivity index (χ3v) is 4.62. The number of H-pyrrole nitrogens is 1. The molecule has 1 saturated heterocycles. The van der Waals surface area contributed by atoms with E-state index in [4.69, 9.17) is 9.84 Å². The van der Waals surface area contributed by atoms with E-state index in [2.05, 4.69) is 9.72 Å². The fourth-order valence-corrected chi connectivity index (χ4v) is 3.29. The predicted molar refractivity (Wildman–Crippen MR) is 101 cm³/mol. The van der Waals surface area contributed by atoms with E-state index in [0.29, 0.717) is 11.1 Å². The number of aromatic nitrogens is 1. The summed E-state index contributed by atoms with van der Waals surface area (Å²) in [4.78, 5) is 28.5. The van der Waals surface area contributed by atoms with Gasteiger partial charge in [0.25, 0.3) is 5.56 Å². The van der Waals surface area contributed by atoms with Crippen LogP contribution in [0.3, 0.4) is 0 Å². The average Bonchev–Trinajstić information content (AvgIpc) is 3.08. The Hall–Kier alpha value is -3.53. The highest BCUT2D eigenvalue weighted by Crippen LogP contribution is 2.33. The molecular weight excluding hydrogens is 405 g/mol. The topological polar surface area (TPSA) is 91.9 Å². The fourth-order valence-electron chi connectivity index (χ4n) is 3.29. The SMILES string of the molecule is O=C1O[C@@H](CO)CN1c1ccc2cc(-c3ccccc3OC(F)(F)F)[nH]c(=O)c2c1. The molecule has 0 bridgehead atoms. The van der Waals surface area contributed by atoms with Crippen LogP contribution in [-0.4, -0.2) is 41.8 Å². The van der Waals surface area contributed by atoms with Gasteiger partial charge < -0.3 is 19.6 Å². The third kappa shape index (κ3) is 3.81. The molecule has 30 heavy (non-hydrogen) atoms. The molecule has 1 atom stereocenters. The number of carbonyl (C=O) groups is 1. The zero-order valence-electron chi connectivity index (χ0n) is 15.3. The van der Waals surface area contributed by atoms with Gasteiger partial charge in [0.1, 0.15) is 11.9 Å². The molecule has 3 aromatic rings. The summed E-state index contributed by atoms with van der Waals surface area (Å²) in [6.07, 6.45) is -6.17. The average molecular weight is 420 g/mol. The molecule has 156 valence electrons. The number of aliphatic hydroxyl groups excluding tert-OH is 1. The zero-order valence-corrected chi connectivity index (χ0v) is 15.3. The number of alkyl halides is 3. The van der Waals surface area contributed by atoms with Crippen LogP contribution in [0.2, 0.25) is 0 Å². The minimum absolute atomic E-state index is 0.0757. The first-order chi connectivity index (χ1) is 14.2. The van der Waals surface area contributed by atoms with Gasteiger partial charge in [0.15, 0.2) is 0 Å². The first kappa shape index (κ1) is 19.8. The summed E-state index contributed by atoms with van der Waals surface area (Å²) in [7, 11) is 0. The van der Waals surface area contributed by atoms with Crippen molar-refractivity contribution in [1.29, 1.82) is 0 Å². The second kappa shape index (κ2) is 7.38. The third-order valence-electron chi connectivity index (χ3n) is 4.62. The number of aromatic amines is 1. The number of fused-ring (bicyclic) bond motifs is 1. The molecule has 1 amide bonds. The molecule has 1 aromatic heterocycles. The van der Waals surface area contributed by atoms with Gasteiger partial charge in [-0.1, -0.05) is 18.2 Å². The van der Waals surface area contributed by atoms with Crippen LogP contribution >= 0.6 is 0 Å². The molecule has 10 heteroatoms. The number of ether oxygens (including phenoxy) is 2. The molecule has 2 heterocycles. The van der Waals surface area contributed by atoms with Crippen molar-refractivity contribution in [3.05, 3.63) is 58.9 Å². The zero-order chi connectivity index (χ0) is 21.5. The Morgan fingerprint density at radius 3 is 2.63 bits per heavy atom. The molecule has 0 saturated carbocycles. The first-order valence-corrected chi connectivity index (χ1v) is 8.86. The molecular formula is C20H15F3N2O5. The first-order valence-electron chi connectivity index (χ1n) is 8.86. The van der Waals surface area contributed by atoms with Crippen LogP contribution in [0.5, 0.6) is 5.75 Å². The number of rotatable bonds is 4. The lowest BCUT2D eigenvalue weighted by Gasteiger charge is -2.15. The second-order valence-electron chi connectivity index (χ2n) is 6.63. The summed E-state index contributed by atoms with van der Waals surface area (Å²) in [6, 6.07) is 11.7. The van der Waals surface area contributed by atoms with Crippen molar-refractivity contribution in [1.82, 2.24) is 4.98 Å². The molecule has 1 fully saturated rings. The van der Waals surface area contributed by atoms with Crippen molar-refractivity contribution in [3.8, 4) is 17.0 Å². The molecule has 0 aliphatic carbocycles. The van der Waals surface area contributed by atoms with Gasteiger partial charge in [-0.3, -0.25) is 9.69 Å². The summed E-state index contributed by atoms with van der Waals surface area (Å²) in [5.74, 6) is -0.438. The van der Waals surface area contributed by atoms with E-state index >= 15 is 0 Å². The van der Waals surface area contributed by atoms with Gasteiger partial charge in [-0.15, -0.1) is 13.2 Å². The Morgan fingerprint density at radius 2 is 1.93 bits per heavy atom. The number of pyridine rings is 1. The number of hydrogen-bond acceptors (Lipinski definition) is 5. The summed E-state index contributed by atoms with van der Waals surface area (Å²) in [5.41, 5.74) is 0.0905. The highest BCUT2D eigenvalue weighted by Gasteiger charge is 2.33. The van der Waals surface area contributed by atoms with Crippen molar-refractivity contribution in [2.45, 2.75) is 12.5 Å². The number of cyclic esters (lactones) is 1. The summed E-state index contributed by atoms with van der Waals surface area (Å²) in [5, 5.41) is 9.86. The highest BCUT2D eigenvalue weighted by atomic mass is 19.4. The molecule has 1 aliphatic heterocycles. The largest absolute Gasteiger partial charge is 0.573 e. The van der Waals surface area contributed by atoms with Crippen LogP contribution in [0.1, 0.15) is 0 Å². The molecule has 2 aromatic carbocycles. The maximum absolute atomic E-state index is 12.7. The normalized spacial score (nSPS) is 16.7. The van der Waals surface area contributed by atoms with E-state index in [1.807, 2.05) is 0 Å². The number of carbonyl (C=O) groups excluding carboxylic acids is 1. The quantitative estimate of drug-likeness (QED) is 0.675. The number of para-hydroxylation sites is 1. The Morgan fingerprint density at radius 1 is 1.17 bits per heavy atom. The lowest BCUT2D eigenvalue weighted by Crippen LogP contribution is -2.25. The number of nitrogens with one attached hydrogen (secondary N) is 1. The molecule has 1 aliphatic rings. The number of benzene rings is 2. The second-order valence-corrected chi connectivity index (χ2v) is 6.63. The fraction of sp³-hybridized carbons (Fsp3) is 0.200. The van der Waals surface area contributed by atoms with Crippen molar-refractivity contribution in [3.63, 3.8) is 0 Å². The Bertz CT molecular complexity index is 1180. The van der Waals surface area contributed by atoms with Crippen molar-refractivity contribution < 1.29 is 32.5 Å². The number of nitrogens with zero attached hydrogens (tertiary/aromatic N) is 1. The minimum Gasteiger partial charge on any atom is -0.441 e. The van der Waals surface area contributed by atoms with E-state index in [0.717, 1.165) is 6.07 Å². The lowest BCUT2D eigenvalue weighted by atomic mass is 10.1. The van der Waals surface area contributed by atoms with Gasteiger partial charge >= 0.3 is 12.5 Å². The predicted octanol–water partition coefficient (Wildman–Crippen LogP) is 3.41. The van der Waals surface area contributed by atoms with Crippen molar-refractivity contribution >= 4 is 22.6 Å². The van der Waals surface area contributed by atoms with Gasteiger partial charge in [0.2, 0.25) is 0 Å². The number of aliphatic hydroxyl groups is 1. The molecule has 7 nitrogen and oxygen atoms in total. The number of amides is 1. The minimum atomic E-state index is -4.88. The molecule has 0 unspecified atom stereocenters. The summed E-state index contributed by atoms with van der Waals surface area (Å²) in [6.45, 7) is -0.182. The number of hydrogen-bond donors (Lipinski definition) is 2. The standard InChI is InChI=1S/C20H15F3N2O5/c21-20(22,23)30-17-4-2-1-3-14(17)16-7-11-5-6-12(8-15(11)18(27)24-16)25-9-13(10-26)29-19(25)28/h1-8,13,26H,9-10H2,(H,24,27)/t13-/m1/s1. The smallest absolute Gasteiger partial charge is 0.441 e. The van der Waals surface area contributed by atoms with Gasteiger partial charge in [0, 0.05) is 16.6 Å². The molecule has 2 N–H and O–H groups in total. The van der Waals surface area contributed by atoms with Crippen LogP contribution in [0.4, 0.5) is 23.7 Å². The Balaban J connectivity index is 1.75. The van der Waals surface area contributed by atoms with E-state index in [1.165, 1.54) is 35.2 Å². The van der Waals surface area contributed by atoms with E-state index in [-0.39, 0.29) is 29.8 Å². The number of halogens is 3. The monoisotopic (exact) mass is 420 g/mol. The van der Waals surface area contributed by atoms with Crippen LogP contribution in [0.25, 0.3) is 22.0 Å². The number of anilines is 1. The molecule has 4 rings (SSSR count). The van der Waals surface area contributed by atoms with Crippen LogP contribution < -0.4 is 15.2 Å². The van der Waals surface area contributed by atoms with Crippen molar-refractivity contribution in [2.75, 3.05) is 18.1 Å². The van der Waals surface area contributed by atoms with Crippen molar-refractivity contribution in [2.24, 2.45) is 0 Å². The van der Waals surface area contributed by atoms with Gasteiger partial charge in [-0.2, -0.15) is 0 Å². The summed E-state index contributed by atoms with van der Waals surface area (Å²) < 4.78 is 47.1. The van der Waals surface area contributed by atoms with Gasteiger partial charge in [-0.05, 0) is 35.7 Å².